The van der Waals surface area contributed by atoms with Crippen LogP contribution in [0.25, 0.3) is 0 Å². The molecule has 2 aromatic heterocycles. The van der Waals surface area contributed by atoms with Crippen molar-refractivity contribution in [1.29, 1.82) is 0 Å². The zero-order valence-electron chi connectivity index (χ0n) is 13.1. The van der Waals surface area contributed by atoms with Crippen LogP contribution in [0.2, 0.25) is 0 Å². The van der Waals surface area contributed by atoms with Crippen molar-refractivity contribution in [3.63, 3.8) is 0 Å². The summed E-state index contributed by atoms with van der Waals surface area (Å²) in [6.45, 7) is 3.76. The molecular formula is C15H18N2O4S3. The predicted octanol–water partition coefficient (Wildman–Crippen LogP) is 2.07. The van der Waals surface area contributed by atoms with Crippen LogP contribution in [-0.4, -0.2) is 44.9 Å². The lowest BCUT2D eigenvalue weighted by Gasteiger charge is -2.26. The summed E-state index contributed by atoms with van der Waals surface area (Å²) in [6.07, 6.45) is 0. The maximum atomic E-state index is 12.8. The number of rotatable bonds is 5. The Hall–Kier alpha value is -1.26. The second-order valence-electron chi connectivity index (χ2n) is 5.34. The third-order valence-electron chi connectivity index (χ3n) is 3.80. The number of hydrogen-bond donors (Lipinski definition) is 1. The summed E-state index contributed by atoms with van der Waals surface area (Å²) in [6, 6.07) is 3.49. The van der Waals surface area contributed by atoms with E-state index in [4.69, 9.17) is 4.74 Å². The van der Waals surface area contributed by atoms with Gasteiger partial charge in [0.1, 0.15) is 9.77 Å². The Morgan fingerprint density at radius 3 is 2.62 bits per heavy atom. The van der Waals surface area contributed by atoms with Gasteiger partial charge in [-0.1, -0.05) is 0 Å². The number of morpholine rings is 1. The number of nitrogens with zero attached hydrogens (tertiary/aromatic N) is 1. The molecule has 0 atom stereocenters. The number of hydrogen-bond acceptors (Lipinski definition) is 6. The molecule has 1 aliphatic heterocycles. The van der Waals surface area contributed by atoms with Gasteiger partial charge in [0.25, 0.3) is 5.91 Å². The van der Waals surface area contributed by atoms with Crippen molar-refractivity contribution < 1.29 is 17.9 Å². The predicted molar refractivity (Wildman–Crippen MR) is 94.1 cm³/mol. The minimum atomic E-state index is -3.67. The minimum Gasteiger partial charge on any atom is -0.379 e. The highest BCUT2D eigenvalue weighted by molar-refractivity contribution is 7.89. The van der Waals surface area contributed by atoms with Crippen molar-refractivity contribution in [3.05, 3.63) is 38.2 Å². The highest BCUT2D eigenvalue weighted by Crippen LogP contribution is 2.26. The third-order valence-corrected chi connectivity index (χ3v) is 7.81. The number of sulfonamides is 1. The molecule has 6 nitrogen and oxygen atoms in total. The number of carbonyl (C=O) groups is 1. The van der Waals surface area contributed by atoms with Crippen molar-refractivity contribution in [2.75, 3.05) is 26.3 Å². The van der Waals surface area contributed by atoms with Gasteiger partial charge in [-0.15, -0.1) is 22.7 Å². The summed E-state index contributed by atoms with van der Waals surface area (Å²) >= 11 is 2.71. The average molecular weight is 387 g/mol. The number of aryl methyl sites for hydroxylation is 1. The maximum absolute atomic E-state index is 12.8. The highest BCUT2D eigenvalue weighted by Gasteiger charge is 2.31. The fourth-order valence-corrected chi connectivity index (χ4v) is 5.99. The normalized spacial score (nSPS) is 16.2. The Kier molecular flexibility index (Phi) is 5.36. The van der Waals surface area contributed by atoms with E-state index in [0.717, 1.165) is 21.8 Å². The number of ether oxygens (including phenoxy) is 1. The van der Waals surface area contributed by atoms with Gasteiger partial charge in [0, 0.05) is 18.0 Å². The van der Waals surface area contributed by atoms with Crippen LogP contribution in [0.3, 0.4) is 0 Å². The van der Waals surface area contributed by atoms with E-state index in [2.05, 4.69) is 5.32 Å². The van der Waals surface area contributed by atoms with Crippen molar-refractivity contribution in [2.24, 2.45) is 0 Å². The zero-order chi connectivity index (χ0) is 17.2. The topological polar surface area (TPSA) is 75.7 Å². The lowest BCUT2D eigenvalue weighted by molar-refractivity contribution is 0.0730. The summed E-state index contributed by atoms with van der Waals surface area (Å²) in [5, 5.41) is 6.42. The summed E-state index contributed by atoms with van der Waals surface area (Å²) in [4.78, 5) is 13.8. The quantitative estimate of drug-likeness (QED) is 0.854. The molecule has 0 bridgehead atoms. The second kappa shape index (κ2) is 7.32. The molecule has 9 heteroatoms. The van der Waals surface area contributed by atoms with Crippen LogP contribution in [0, 0.1) is 6.92 Å². The SMILES string of the molecule is Cc1ccsc1CNC(=O)c1sccc1S(=O)(=O)N1CCOCC1. The van der Waals surface area contributed by atoms with E-state index in [9.17, 15) is 13.2 Å². The van der Waals surface area contributed by atoms with Gasteiger partial charge >= 0.3 is 0 Å². The van der Waals surface area contributed by atoms with E-state index >= 15 is 0 Å². The maximum Gasteiger partial charge on any atom is 0.263 e. The fraction of sp³-hybridized carbons (Fsp3) is 0.400. The minimum absolute atomic E-state index is 0.0785. The molecule has 0 radical (unpaired) electrons. The number of carbonyl (C=O) groups excluding carboxylic acids is 1. The third kappa shape index (κ3) is 3.55. The van der Waals surface area contributed by atoms with E-state index in [0.29, 0.717) is 32.8 Å². The molecule has 3 rings (SSSR count). The molecular weight excluding hydrogens is 368 g/mol. The van der Waals surface area contributed by atoms with E-state index < -0.39 is 10.0 Å². The molecule has 0 unspecified atom stereocenters. The first-order chi connectivity index (χ1) is 11.5. The molecule has 0 saturated carbocycles. The largest absolute Gasteiger partial charge is 0.379 e. The van der Waals surface area contributed by atoms with Crippen molar-refractivity contribution in [1.82, 2.24) is 9.62 Å². The first kappa shape index (κ1) is 17.6. The molecule has 1 aliphatic rings. The Balaban J connectivity index is 1.76. The monoisotopic (exact) mass is 386 g/mol. The molecule has 0 aromatic carbocycles. The van der Waals surface area contributed by atoms with Gasteiger partial charge in [0.2, 0.25) is 10.0 Å². The molecule has 0 aliphatic carbocycles. The van der Waals surface area contributed by atoms with Crippen molar-refractivity contribution in [3.8, 4) is 0 Å². The van der Waals surface area contributed by atoms with Crippen LogP contribution in [0.15, 0.2) is 27.8 Å². The summed E-state index contributed by atoms with van der Waals surface area (Å²) < 4.78 is 32.1. The van der Waals surface area contributed by atoms with Gasteiger partial charge in [0.05, 0.1) is 19.8 Å². The highest BCUT2D eigenvalue weighted by atomic mass is 32.2. The molecule has 1 saturated heterocycles. The molecule has 1 N–H and O–H groups in total. The first-order valence-electron chi connectivity index (χ1n) is 7.46. The lowest BCUT2D eigenvalue weighted by Crippen LogP contribution is -2.41. The van der Waals surface area contributed by atoms with Crippen LogP contribution >= 0.6 is 22.7 Å². The van der Waals surface area contributed by atoms with Gasteiger partial charge in [-0.05, 0) is 35.4 Å². The Bertz CT molecular complexity index is 819. The van der Waals surface area contributed by atoms with Crippen LogP contribution in [0.1, 0.15) is 20.1 Å². The standard InChI is InChI=1S/C15H18N2O4S3/c1-11-2-8-22-12(11)10-16-15(18)14-13(3-9-23-14)24(19,20)17-4-6-21-7-5-17/h2-3,8-9H,4-7,10H2,1H3,(H,16,18). The molecule has 130 valence electrons. The number of amides is 1. The van der Waals surface area contributed by atoms with E-state index in [1.54, 1.807) is 16.7 Å². The van der Waals surface area contributed by atoms with Gasteiger partial charge in [-0.2, -0.15) is 4.31 Å². The molecule has 0 spiro atoms. The van der Waals surface area contributed by atoms with Gasteiger partial charge in [0.15, 0.2) is 0 Å². The van der Waals surface area contributed by atoms with Gasteiger partial charge in [-0.25, -0.2) is 8.42 Å². The van der Waals surface area contributed by atoms with Crippen LogP contribution in [-0.2, 0) is 21.3 Å². The Morgan fingerprint density at radius 1 is 1.25 bits per heavy atom. The lowest BCUT2D eigenvalue weighted by atomic mass is 10.3. The number of thiophene rings is 2. The van der Waals surface area contributed by atoms with E-state index in [1.807, 2.05) is 18.4 Å². The first-order valence-corrected chi connectivity index (χ1v) is 10.7. The molecule has 24 heavy (non-hydrogen) atoms. The molecule has 1 amide bonds. The molecule has 1 fully saturated rings. The molecule has 3 heterocycles. The van der Waals surface area contributed by atoms with Crippen molar-refractivity contribution in [2.45, 2.75) is 18.4 Å². The smallest absolute Gasteiger partial charge is 0.263 e. The van der Waals surface area contributed by atoms with Crippen LogP contribution in [0.5, 0.6) is 0 Å². The average Bonchev–Trinajstić information content (AvgIpc) is 3.23. The summed E-state index contributed by atoms with van der Waals surface area (Å²) in [7, 11) is -3.67. The zero-order valence-corrected chi connectivity index (χ0v) is 15.6. The van der Waals surface area contributed by atoms with Crippen LogP contribution < -0.4 is 5.32 Å². The molecule has 2 aromatic rings. The van der Waals surface area contributed by atoms with Crippen LogP contribution in [0.4, 0.5) is 0 Å². The van der Waals surface area contributed by atoms with E-state index in [1.165, 1.54) is 10.4 Å². The van der Waals surface area contributed by atoms with Gasteiger partial charge < -0.3 is 10.1 Å². The fourth-order valence-electron chi connectivity index (χ4n) is 2.42. The summed E-state index contributed by atoms with van der Waals surface area (Å²) in [5.41, 5.74) is 1.12. The second-order valence-corrected chi connectivity index (χ2v) is 9.16. The Labute approximate surface area is 149 Å². The van der Waals surface area contributed by atoms with Crippen molar-refractivity contribution >= 4 is 38.6 Å². The summed E-state index contributed by atoms with van der Waals surface area (Å²) in [5.74, 6) is -0.357. The Morgan fingerprint density at radius 2 is 1.96 bits per heavy atom. The number of nitrogens with one attached hydrogen (secondary N) is 1. The van der Waals surface area contributed by atoms with Gasteiger partial charge in [-0.3, -0.25) is 4.79 Å². The van der Waals surface area contributed by atoms with E-state index in [-0.39, 0.29) is 15.7 Å².